The second-order valence-electron chi connectivity index (χ2n) is 12.8. The molecule has 4 amide bonds. The number of rotatable bonds is 9. The SMILES string of the molecule is CCCC(NC(=O)[C@@H]1C[C@@H]2CN1C(=O)C(C1CCCCC1)NC(=O)CC1C=CC=C(OCCCO2)C1C)C(=O)C(=O)NCC(=O)O. The third-order valence-electron chi connectivity index (χ3n) is 9.43. The molecule has 46 heavy (non-hydrogen) atoms. The Morgan fingerprint density at radius 3 is 2.59 bits per heavy atom. The molecule has 4 N–H and O–H groups in total. The molecule has 0 radical (unpaired) electrons. The monoisotopic (exact) mass is 644 g/mol. The topological polar surface area (TPSA) is 180 Å². The number of ketones is 1. The van der Waals surface area contributed by atoms with Crippen LogP contribution in [0.1, 0.15) is 78.1 Å². The van der Waals surface area contributed by atoms with Crippen LogP contribution in [0.15, 0.2) is 24.0 Å². The minimum Gasteiger partial charge on any atom is -0.498 e. The van der Waals surface area contributed by atoms with Crippen LogP contribution < -0.4 is 16.0 Å². The average Bonchev–Trinajstić information content (AvgIpc) is 3.47. The summed E-state index contributed by atoms with van der Waals surface area (Å²) in [5.41, 5.74) is 0. The molecule has 2 aliphatic carbocycles. The van der Waals surface area contributed by atoms with Crippen molar-refractivity contribution < 1.29 is 43.3 Å². The van der Waals surface area contributed by atoms with Crippen LogP contribution in [-0.4, -0.2) is 95.9 Å². The van der Waals surface area contributed by atoms with Crippen molar-refractivity contribution in [1.29, 1.82) is 0 Å². The first-order chi connectivity index (χ1) is 22.1. The van der Waals surface area contributed by atoms with E-state index in [1.807, 2.05) is 30.5 Å². The van der Waals surface area contributed by atoms with Crippen molar-refractivity contribution in [2.24, 2.45) is 17.8 Å². The Morgan fingerprint density at radius 1 is 1.11 bits per heavy atom. The standard InChI is InChI=1S/C33H48N4O9/c1-3-9-24(30(41)32(43)34-18-28(39)40)35-31(42)25-17-23-19-37(25)33(44)29(21-10-5-4-6-11-21)36-27(38)16-22-12-7-13-26(20(22)2)46-15-8-14-45-23/h7,12-13,20-25,29H,3-6,8-11,14-19H2,1-2H3,(H,34,43)(H,35,42)(H,36,38)(H,39,40)/t20?,22?,23-,24?,25+,29?/m1/s1. The fraction of sp³-hybridized carbons (Fsp3) is 0.697. The van der Waals surface area contributed by atoms with E-state index in [9.17, 15) is 28.8 Å². The van der Waals surface area contributed by atoms with Crippen molar-refractivity contribution in [3.63, 3.8) is 0 Å². The Balaban J connectivity index is 1.57. The lowest BCUT2D eigenvalue weighted by Gasteiger charge is -2.35. The molecule has 13 heteroatoms. The summed E-state index contributed by atoms with van der Waals surface area (Å²) in [6.45, 7) is 3.99. The quantitative estimate of drug-likeness (QED) is 0.271. The van der Waals surface area contributed by atoms with E-state index < -0.39 is 54.3 Å². The molecule has 13 nitrogen and oxygen atoms in total. The second-order valence-corrected chi connectivity index (χ2v) is 12.8. The molecular formula is C33H48N4O9. The molecule has 4 unspecified atom stereocenters. The molecule has 1 saturated carbocycles. The number of hydrogen-bond acceptors (Lipinski definition) is 8. The Labute approximate surface area is 269 Å². The number of nitrogens with zero attached hydrogens (tertiary/aromatic N) is 1. The van der Waals surface area contributed by atoms with Gasteiger partial charge in [-0.15, -0.1) is 0 Å². The highest BCUT2D eigenvalue weighted by Gasteiger charge is 2.45. The molecule has 2 aliphatic heterocycles. The minimum absolute atomic E-state index is 0.00796. The van der Waals surface area contributed by atoms with Gasteiger partial charge in [-0.2, -0.15) is 0 Å². The number of amides is 4. The number of carboxylic acids is 1. The number of carbonyl (C=O) groups excluding carboxylic acids is 5. The van der Waals surface area contributed by atoms with E-state index >= 15 is 0 Å². The summed E-state index contributed by atoms with van der Waals surface area (Å²) >= 11 is 0. The van der Waals surface area contributed by atoms with Gasteiger partial charge in [0.2, 0.25) is 23.5 Å². The Kier molecular flexibility index (Phi) is 12.8. The van der Waals surface area contributed by atoms with Crippen LogP contribution in [-0.2, 0) is 38.2 Å². The first kappa shape index (κ1) is 35.1. The predicted molar refractivity (Wildman–Crippen MR) is 166 cm³/mol. The molecule has 4 rings (SSSR count). The highest BCUT2D eigenvalue weighted by Crippen LogP contribution is 2.32. The van der Waals surface area contributed by atoms with Gasteiger partial charge in [-0.3, -0.25) is 28.8 Å². The minimum atomic E-state index is -1.30. The van der Waals surface area contributed by atoms with Crippen molar-refractivity contribution in [1.82, 2.24) is 20.9 Å². The number of ether oxygens (including phenoxy) is 2. The van der Waals surface area contributed by atoms with E-state index in [1.165, 1.54) is 4.90 Å². The van der Waals surface area contributed by atoms with Crippen LogP contribution in [0.2, 0.25) is 0 Å². The number of hydrogen-bond donors (Lipinski definition) is 4. The average molecular weight is 645 g/mol. The van der Waals surface area contributed by atoms with Gasteiger partial charge < -0.3 is 35.4 Å². The summed E-state index contributed by atoms with van der Waals surface area (Å²) in [6.07, 6.45) is 11.4. The first-order valence-electron chi connectivity index (χ1n) is 16.7. The van der Waals surface area contributed by atoms with Gasteiger partial charge in [-0.25, -0.2) is 0 Å². The van der Waals surface area contributed by atoms with Crippen LogP contribution >= 0.6 is 0 Å². The van der Waals surface area contributed by atoms with E-state index in [4.69, 9.17) is 14.6 Å². The van der Waals surface area contributed by atoms with Crippen LogP contribution in [0, 0.1) is 17.8 Å². The summed E-state index contributed by atoms with van der Waals surface area (Å²) in [5, 5.41) is 16.6. The Morgan fingerprint density at radius 2 is 1.87 bits per heavy atom. The van der Waals surface area contributed by atoms with E-state index in [0.29, 0.717) is 26.1 Å². The highest BCUT2D eigenvalue weighted by atomic mass is 16.5. The first-order valence-corrected chi connectivity index (χ1v) is 16.7. The summed E-state index contributed by atoms with van der Waals surface area (Å²) in [4.78, 5) is 79.3. The number of Topliss-reactive ketones (excluding diaryl/α,β-unsaturated/α-hetero) is 1. The Bertz CT molecular complexity index is 1210. The van der Waals surface area contributed by atoms with E-state index in [1.54, 1.807) is 6.92 Å². The third kappa shape index (κ3) is 9.17. The van der Waals surface area contributed by atoms with Crippen molar-refractivity contribution in [3.05, 3.63) is 24.0 Å². The summed E-state index contributed by atoms with van der Waals surface area (Å²) < 4.78 is 12.2. The van der Waals surface area contributed by atoms with Crippen molar-refractivity contribution >= 4 is 35.4 Å². The molecule has 0 aromatic carbocycles. The van der Waals surface area contributed by atoms with Gasteiger partial charge in [0.1, 0.15) is 18.6 Å². The van der Waals surface area contributed by atoms with Gasteiger partial charge in [-0.05, 0) is 37.2 Å². The molecule has 2 saturated heterocycles. The molecular weight excluding hydrogens is 596 g/mol. The molecule has 0 spiro atoms. The molecule has 254 valence electrons. The predicted octanol–water partition coefficient (Wildman–Crippen LogP) is 1.61. The lowest BCUT2D eigenvalue weighted by atomic mass is 9.82. The van der Waals surface area contributed by atoms with Crippen molar-refractivity contribution in [2.45, 2.75) is 102 Å². The van der Waals surface area contributed by atoms with Crippen LogP contribution in [0.25, 0.3) is 0 Å². The Hall–Kier alpha value is -3.74. The fourth-order valence-corrected chi connectivity index (χ4v) is 6.86. The largest absolute Gasteiger partial charge is 0.498 e. The van der Waals surface area contributed by atoms with E-state index in [0.717, 1.165) is 37.9 Å². The van der Waals surface area contributed by atoms with E-state index in [-0.39, 0.29) is 55.4 Å². The molecule has 4 aliphatic rings. The maximum absolute atomic E-state index is 14.4. The summed E-state index contributed by atoms with van der Waals surface area (Å²) in [5.74, 6) is -3.95. The number of allylic oxidation sites excluding steroid dienone is 4. The third-order valence-corrected chi connectivity index (χ3v) is 9.43. The van der Waals surface area contributed by atoms with E-state index in [2.05, 4.69) is 10.6 Å². The molecule has 0 aromatic rings. The number of nitrogens with one attached hydrogen (secondary N) is 3. The number of aliphatic carboxylic acids is 1. The van der Waals surface area contributed by atoms with Gasteiger partial charge in [0.25, 0.3) is 5.91 Å². The number of carbonyl (C=O) groups is 6. The zero-order chi connectivity index (χ0) is 33.2. The second kappa shape index (κ2) is 16.7. The zero-order valence-corrected chi connectivity index (χ0v) is 26.8. The van der Waals surface area contributed by atoms with Gasteiger partial charge >= 0.3 is 5.97 Å². The van der Waals surface area contributed by atoms with Gasteiger partial charge in [-0.1, -0.05) is 51.7 Å². The lowest BCUT2D eigenvalue weighted by Crippen LogP contribution is -2.58. The smallest absolute Gasteiger partial charge is 0.322 e. The molecule has 3 fully saturated rings. The van der Waals surface area contributed by atoms with Crippen molar-refractivity contribution in [3.8, 4) is 0 Å². The summed E-state index contributed by atoms with van der Waals surface area (Å²) in [6, 6.07) is -3.01. The zero-order valence-electron chi connectivity index (χ0n) is 26.8. The van der Waals surface area contributed by atoms with Gasteiger partial charge in [0.15, 0.2) is 0 Å². The molecule has 4 bridgehead atoms. The maximum Gasteiger partial charge on any atom is 0.322 e. The molecule has 0 aromatic heterocycles. The fourth-order valence-electron chi connectivity index (χ4n) is 6.86. The summed E-state index contributed by atoms with van der Waals surface area (Å²) in [7, 11) is 0. The van der Waals surface area contributed by atoms with Crippen LogP contribution in [0.5, 0.6) is 0 Å². The van der Waals surface area contributed by atoms with Crippen molar-refractivity contribution in [2.75, 3.05) is 26.3 Å². The molecule has 6 atom stereocenters. The lowest BCUT2D eigenvalue weighted by molar-refractivity contribution is -0.145. The molecule has 2 heterocycles. The highest BCUT2D eigenvalue weighted by molar-refractivity contribution is 6.38. The normalized spacial score (nSPS) is 28.3. The van der Waals surface area contributed by atoms with Gasteiger partial charge in [0, 0.05) is 31.7 Å². The van der Waals surface area contributed by atoms with Gasteiger partial charge in [0.05, 0.1) is 31.1 Å². The maximum atomic E-state index is 14.4. The van der Waals surface area contributed by atoms with Crippen LogP contribution in [0.4, 0.5) is 0 Å². The van der Waals surface area contributed by atoms with Crippen LogP contribution in [0.3, 0.4) is 0 Å². The number of fused-ring (bicyclic) bond motifs is 4. The number of carboxylic acid groups (broad SMARTS) is 1.